The van der Waals surface area contributed by atoms with E-state index in [0.717, 1.165) is 23.3 Å². The predicted molar refractivity (Wildman–Crippen MR) is 90.4 cm³/mol. The number of pyridine rings is 1. The van der Waals surface area contributed by atoms with Gasteiger partial charge in [-0.05, 0) is 38.8 Å². The van der Waals surface area contributed by atoms with Gasteiger partial charge in [0, 0.05) is 24.5 Å². The maximum absolute atomic E-state index is 6.11. The molecule has 0 spiro atoms. The van der Waals surface area contributed by atoms with Gasteiger partial charge in [-0.3, -0.25) is 4.98 Å². The Balaban J connectivity index is 1.99. The van der Waals surface area contributed by atoms with Crippen molar-refractivity contribution in [2.45, 2.75) is 40.8 Å². The molecular formula is C19H22N2O. The van der Waals surface area contributed by atoms with E-state index < -0.39 is 0 Å². The molecule has 0 aliphatic carbocycles. The molecule has 0 atom stereocenters. The molecule has 0 amide bonds. The van der Waals surface area contributed by atoms with Crippen LogP contribution < -0.4 is 4.74 Å². The summed E-state index contributed by atoms with van der Waals surface area (Å²) < 4.78 is 8.39. The van der Waals surface area contributed by atoms with Crippen molar-refractivity contribution in [3.63, 3.8) is 0 Å². The molecule has 0 aliphatic heterocycles. The summed E-state index contributed by atoms with van der Waals surface area (Å²) in [6.07, 6.45) is 1.83. The molecule has 0 radical (unpaired) electrons. The van der Waals surface area contributed by atoms with E-state index in [0.29, 0.717) is 6.61 Å². The fourth-order valence-corrected chi connectivity index (χ4v) is 2.99. The van der Waals surface area contributed by atoms with E-state index in [2.05, 4.69) is 61.5 Å². The van der Waals surface area contributed by atoms with Crippen molar-refractivity contribution in [1.82, 2.24) is 9.55 Å². The van der Waals surface area contributed by atoms with Crippen molar-refractivity contribution < 1.29 is 4.74 Å². The third-order valence-electron chi connectivity index (χ3n) is 4.25. The maximum atomic E-state index is 6.11. The van der Waals surface area contributed by atoms with E-state index in [1.165, 1.54) is 22.4 Å². The summed E-state index contributed by atoms with van der Waals surface area (Å²) in [5.41, 5.74) is 7.08. The summed E-state index contributed by atoms with van der Waals surface area (Å²) >= 11 is 0. The molecule has 3 rings (SSSR count). The molecule has 0 N–H and O–H groups in total. The molecule has 0 bridgehead atoms. The summed E-state index contributed by atoms with van der Waals surface area (Å²) in [6, 6.07) is 10.4. The van der Waals surface area contributed by atoms with Gasteiger partial charge in [-0.15, -0.1) is 0 Å². The first-order valence-corrected chi connectivity index (χ1v) is 7.74. The number of hydrogen-bond donors (Lipinski definition) is 0. The van der Waals surface area contributed by atoms with Crippen LogP contribution in [-0.2, 0) is 13.2 Å². The minimum absolute atomic E-state index is 0.577. The first-order valence-electron chi connectivity index (χ1n) is 7.74. The fraction of sp³-hybridized carbons (Fsp3) is 0.316. The molecule has 0 saturated heterocycles. The second kappa shape index (κ2) is 5.84. The number of aryl methyl sites for hydroxylation is 3. The van der Waals surface area contributed by atoms with E-state index in [9.17, 15) is 0 Å². The quantitative estimate of drug-likeness (QED) is 0.705. The molecule has 2 aromatic heterocycles. The zero-order valence-electron chi connectivity index (χ0n) is 13.7. The van der Waals surface area contributed by atoms with E-state index in [1.54, 1.807) is 0 Å². The molecule has 0 fully saturated rings. The van der Waals surface area contributed by atoms with Crippen molar-refractivity contribution in [1.29, 1.82) is 0 Å². The van der Waals surface area contributed by atoms with Crippen LogP contribution in [0.15, 0.2) is 36.5 Å². The Bertz CT molecular complexity index is 818. The molecule has 114 valence electrons. The first-order chi connectivity index (χ1) is 10.6. The van der Waals surface area contributed by atoms with E-state index in [-0.39, 0.29) is 0 Å². The Morgan fingerprint density at radius 3 is 2.68 bits per heavy atom. The van der Waals surface area contributed by atoms with Crippen LogP contribution in [0.4, 0.5) is 0 Å². The van der Waals surface area contributed by atoms with Crippen LogP contribution in [0.2, 0.25) is 0 Å². The van der Waals surface area contributed by atoms with E-state index >= 15 is 0 Å². The Labute approximate surface area is 131 Å². The largest absolute Gasteiger partial charge is 0.487 e. The third kappa shape index (κ3) is 2.47. The summed E-state index contributed by atoms with van der Waals surface area (Å²) in [6.45, 7) is 10.0. The van der Waals surface area contributed by atoms with Crippen LogP contribution in [0.25, 0.3) is 11.0 Å². The van der Waals surface area contributed by atoms with Crippen LogP contribution in [-0.4, -0.2) is 9.55 Å². The van der Waals surface area contributed by atoms with Gasteiger partial charge in [-0.2, -0.15) is 0 Å². The lowest BCUT2D eigenvalue weighted by molar-refractivity contribution is 0.308. The average molecular weight is 294 g/mol. The molecule has 3 heteroatoms. The first kappa shape index (κ1) is 14.6. The van der Waals surface area contributed by atoms with Gasteiger partial charge in [0.1, 0.15) is 17.9 Å². The van der Waals surface area contributed by atoms with Crippen LogP contribution >= 0.6 is 0 Å². The SMILES string of the molecule is CCn1c(C)c(C)c2nccc(OCc3cccc(C)c3)c21. The van der Waals surface area contributed by atoms with Crippen LogP contribution in [0, 0.1) is 20.8 Å². The van der Waals surface area contributed by atoms with Gasteiger partial charge < -0.3 is 9.30 Å². The molecular weight excluding hydrogens is 272 g/mol. The Hall–Kier alpha value is -2.29. The molecule has 1 aromatic carbocycles. The van der Waals surface area contributed by atoms with Crippen molar-refractivity contribution in [2.75, 3.05) is 0 Å². The summed E-state index contributed by atoms with van der Waals surface area (Å²) in [4.78, 5) is 4.54. The highest BCUT2D eigenvalue weighted by atomic mass is 16.5. The van der Waals surface area contributed by atoms with Gasteiger partial charge in [0.25, 0.3) is 0 Å². The Morgan fingerprint density at radius 2 is 1.95 bits per heavy atom. The highest BCUT2D eigenvalue weighted by Gasteiger charge is 2.15. The lowest BCUT2D eigenvalue weighted by Gasteiger charge is -2.11. The zero-order valence-corrected chi connectivity index (χ0v) is 13.7. The van der Waals surface area contributed by atoms with Gasteiger partial charge in [-0.25, -0.2) is 0 Å². The van der Waals surface area contributed by atoms with Gasteiger partial charge in [0.2, 0.25) is 0 Å². The number of hydrogen-bond acceptors (Lipinski definition) is 2. The molecule has 22 heavy (non-hydrogen) atoms. The topological polar surface area (TPSA) is 27.1 Å². The van der Waals surface area contributed by atoms with Gasteiger partial charge in [-0.1, -0.05) is 29.8 Å². The minimum Gasteiger partial charge on any atom is -0.487 e. The average Bonchev–Trinajstić information content (AvgIpc) is 2.77. The predicted octanol–water partition coefficient (Wildman–Crippen LogP) is 4.56. The molecule has 2 heterocycles. The van der Waals surface area contributed by atoms with Crippen LogP contribution in [0.3, 0.4) is 0 Å². The molecule has 3 nitrogen and oxygen atoms in total. The summed E-state index contributed by atoms with van der Waals surface area (Å²) in [5.74, 6) is 0.907. The van der Waals surface area contributed by atoms with Gasteiger partial charge >= 0.3 is 0 Å². The number of benzene rings is 1. The molecule has 3 aromatic rings. The monoisotopic (exact) mass is 294 g/mol. The highest BCUT2D eigenvalue weighted by Crippen LogP contribution is 2.31. The van der Waals surface area contributed by atoms with Crippen molar-refractivity contribution in [2.24, 2.45) is 0 Å². The summed E-state index contributed by atoms with van der Waals surface area (Å²) in [5, 5.41) is 0. The second-order valence-electron chi connectivity index (χ2n) is 5.74. The normalized spacial score (nSPS) is 11.1. The molecule has 0 unspecified atom stereocenters. The van der Waals surface area contributed by atoms with Crippen molar-refractivity contribution in [3.05, 3.63) is 58.9 Å². The third-order valence-corrected chi connectivity index (χ3v) is 4.25. The molecule has 0 saturated carbocycles. The van der Waals surface area contributed by atoms with E-state index in [4.69, 9.17) is 4.74 Å². The minimum atomic E-state index is 0.577. The zero-order chi connectivity index (χ0) is 15.7. The highest BCUT2D eigenvalue weighted by molar-refractivity contribution is 5.86. The number of rotatable bonds is 4. The number of aromatic nitrogens is 2. The lowest BCUT2D eigenvalue weighted by atomic mass is 10.1. The summed E-state index contributed by atoms with van der Waals surface area (Å²) in [7, 11) is 0. The smallest absolute Gasteiger partial charge is 0.147 e. The Kier molecular flexibility index (Phi) is 3.88. The number of ether oxygens (including phenoxy) is 1. The Morgan fingerprint density at radius 1 is 1.14 bits per heavy atom. The fourth-order valence-electron chi connectivity index (χ4n) is 2.99. The van der Waals surface area contributed by atoms with Crippen LogP contribution in [0.5, 0.6) is 5.75 Å². The van der Waals surface area contributed by atoms with E-state index in [1.807, 2.05) is 12.3 Å². The molecule has 0 aliphatic rings. The number of nitrogens with zero attached hydrogens (tertiary/aromatic N) is 2. The van der Waals surface area contributed by atoms with Gasteiger partial charge in [0.15, 0.2) is 0 Å². The standard InChI is InChI=1S/C19H22N2O/c1-5-21-15(4)14(3)18-19(21)17(9-10-20-18)22-12-16-8-6-7-13(2)11-16/h6-11H,5,12H2,1-4H3. The van der Waals surface area contributed by atoms with Gasteiger partial charge in [0.05, 0.1) is 5.52 Å². The van der Waals surface area contributed by atoms with Crippen molar-refractivity contribution >= 4 is 11.0 Å². The van der Waals surface area contributed by atoms with Crippen LogP contribution in [0.1, 0.15) is 29.3 Å². The maximum Gasteiger partial charge on any atom is 0.147 e. The number of fused-ring (bicyclic) bond motifs is 1. The van der Waals surface area contributed by atoms with Crippen molar-refractivity contribution in [3.8, 4) is 5.75 Å². The second-order valence-corrected chi connectivity index (χ2v) is 5.74. The lowest BCUT2D eigenvalue weighted by Crippen LogP contribution is -2.01.